The lowest BCUT2D eigenvalue weighted by Gasteiger charge is -1.92. The van der Waals surface area contributed by atoms with Crippen LogP contribution in [0.15, 0.2) is 41.7 Å². The van der Waals surface area contributed by atoms with Crippen LogP contribution in [0.2, 0.25) is 0 Å². The minimum absolute atomic E-state index is 0.941. The molecule has 14 heavy (non-hydrogen) atoms. The van der Waals surface area contributed by atoms with E-state index in [1.54, 1.807) is 12.4 Å². The maximum absolute atomic E-state index is 4.17. The summed E-state index contributed by atoms with van der Waals surface area (Å²) < 4.78 is 0. The monoisotopic (exact) mass is 186 g/mol. The van der Waals surface area contributed by atoms with E-state index in [0.717, 1.165) is 16.8 Å². The van der Waals surface area contributed by atoms with Gasteiger partial charge in [-0.05, 0) is 37.1 Å². The molecule has 0 radical (unpaired) electrons. The Morgan fingerprint density at radius 1 is 1.50 bits per heavy atom. The molecular formula is C12H14N2. The van der Waals surface area contributed by atoms with Crippen LogP contribution in [-0.2, 0) is 0 Å². The van der Waals surface area contributed by atoms with E-state index < -0.39 is 0 Å². The summed E-state index contributed by atoms with van der Waals surface area (Å²) >= 11 is 0. The Balaban J connectivity index is 2.60. The number of pyridine rings is 1. The number of nitrogens with zero attached hydrogens (tertiary/aromatic N) is 2. The zero-order valence-corrected chi connectivity index (χ0v) is 8.57. The van der Waals surface area contributed by atoms with Gasteiger partial charge in [-0.3, -0.25) is 9.98 Å². The van der Waals surface area contributed by atoms with Crippen LogP contribution < -0.4 is 0 Å². The third kappa shape index (κ3) is 3.81. The third-order valence-electron chi connectivity index (χ3n) is 1.58. The number of aliphatic imine (C=N–C) groups is 1. The number of rotatable bonds is 3. The van der Waals surface area contributed by atoms with Gasteiger partial charge in [-0.25, -0.2) is 0 Å². The Hall–Kier alpha value is -1.70. The lowest BCUT2D eigenvalue weighted by atomic mass is 10.2. The largest absolute Gasteiger partial charge is 0.264 e. The topological polar surface area (TPSA) is 25.2 Å². The maximum Gasteiger partial charge on any atom is 0.0373 e. The summed E-state index contributed by atoms with van der Waals surface area (Å²) in [6.07, 6.45) is 7.19. The van der Waals surface area contributed by atoms with Crippen LogP contribution >= 0.6 is 0 Å². The quantitative estimate of drug-likeness (QED) is 0.666. The maximum atomic E-state index is 4.17. The van der Waals surface area contributed by atoms with Crippen molar-refractivity contribution in [3.8, 4) is 0 Å². The van der Waals surface area contributed by atoms with Crippen LogP contribution in [-0.4, -0.2) is 11.2 Å². The average Bonchev–Trinajstić information content (AvgIpc) is 2.15. The Morgan fingerprint density at radius 3 is 2.86 bits per heavy atom. The van der Waals surface area contributed by atoms with E-state index >= 15 is 0 Å². The second-order valence-electron chi connectivity index (χ2n) is 3.17. The Bertz CT molecular complexity index is 358. The Labute approximate surface area is 84.7 Å². The fraction of sp³-hybridized carbons (Fsp3) is 0.167. The highest BCUT2D eigenvalue weighted by atomic mass is 14.7. The van der Waals surface area contributed by atoms with Crippen molar-refractivity contribution in [2.24, 2.45) is 4.99 Å². The van der Waals surface area contributed by atoms with E-state index in [-0.39, 0.29) is 0 Å². The molecule has 0 aliphatic carbocycles. The second kappa shape index (κ2) is 5.12. The number of aromatic nitrogens is 1. The molecule has 1 rings (SSSR count). The third-order valence-corrected chi connectivity index (χ3v) is 1.58. The highest BCUT2D eigenvalue weighted by molar-refractivity contribution is 5.77. The van der Waals surface area contributed by atoms with Gasteiger partial charge in [0.25, 0.3) is 0 Å². The van der Waals surface area contributed by atoms with Crippen LogP contribution in [0.25, 0.3) is 6.08 Å². The molecule has 0 saturated carbocycles. The van der Waals surface area contributed by atoms with Gasteiger partial charge in [0, 0.05) is 24.3 Å². The lowest BCUT2D eigenvalue weighted by molar-refractivity contribution is 1.19. The van der Waals surface area contributed by atoms with Crippen molar-refractivity contribution in [3.05, 3.63) is 47.9 Å². The average molecular weight is 186 g/mol. The fourth-order valence-corrected chi connectivity index (χ4v) is 0.877. The standard InChI is InChI=1S/C12H14N2/c1-10(2)8-13-7-6-12-5-4-11(3)14-9-12/h4-9H,1H2,2-3H3. The summed E-state index contributed by atoms with van der Waals surface area (Å²) in [4.78, 5) is 8.23. The normalized spacial score (nSPS) is 11.3. The molecule has 0 atom stereocenters. The molecule has 0 aromatic carbocycles. The molecule has 2 nitrogen and oxygen atoms in total. The van der Waals surface area contributed by atoms with Gasteiger partial charge in [0.1, 0.15) is 0 Å². The molecule has 0 saturated heterocycles. The number of aryl methyl sites for hydroxylation is 1. The van der Waals surface area contributed by atoms with E-state index in [1.807, 2.05) is 38.3 Å². The van der Waals surface area contributed by atoms with E-state index in [2.05, 4.69) is 16.6 Å². The molecule has 1 heterocycles. The number of hydrogen-bond acceptors (Lipinski definition) is 2. The molecule has 0 N–H and O–H groups in total. The zero-order chi connectivity index (χ0) is 10.4. The molecule has 0 aliphatic heterocycles. The minimum Gasteiger partial charge on any atom is -0.264 e. The predicted octanol–water partition coefficient (Wildman–Crippen LogP) is 3.01. The Kier molecular flexibility index (Phi) is 3.80. The highest BCUT2D eigenvalue weighted by Crippen LogP contribution is 2.01. The Morgan fingerprint density at radius 2 is 2.29 bits per heavy atom. The summed E-state index contributed by atoms with van der Waals surface area (Å²) in [5.74, 6) is 0. The van der Waals surface area contributed by atoms with E-state index in [9.17, 15) is 0 Å². The van der Waals surface area contributed by atoms with Crippen LogP contribution in [0.3, 0.4) is 0 Å². The van der Waals surface area contributed by atoms with Crippen LogP contribution in [0.1, 0.15) is 18.2 Å². The van der Waals surface area contributed by atoms with E-state index in [1.165, 1.54) is 0 Å². The van der Waals surface area contributed by atoms with Gasteiger partial charge in [0.15, 0.2) is 0 Å². The minimum atomic E-state index is 0.941. The molecule has 0 fully saturated rings. The summed E-state index contributed by atoms with van der Waals surface area (Å²) in [5.41, 5.74) is 3.01. The molecule has 1 aromatic heterocycles. The smallest absolute Gasteiger partial charge is 0.0373 e. The van der Waals surface area contributed by atoms with Gasteiger partial charge in [-0.15, -0.1) is 0 Å². The first-order valence-corrected chi connectivity index (χ1v) is 4.46. The molecule has 2 heteroatoms. The van der Waals surface area contributed by atoms with Crippen LogP contribution in [0, 0.1) is 6.92 Å². The molecular weight excluding hydrogens is 172 g/mol. The SMILES string of the molecule is C=C(C)C=NC=Cc1ccc(C)nc1. The molecule has 0 bridgehead atoms. The fourth-order valence-electron chi connectivity index (χ4n) is 0.877. The van der Waals surface area contributed by atoms with Crippen LogP contribution in [0.4, 0.5) is 0 Å². The first-order chi connectivity index (χ1) is 6.68. The molecule has 0 spiro atoms. The molecule has 72 valence electrons. The zero-order valence-electron chi connectivity index (χ0n) is 8.57. The molecule has 0 amide bonds. The first-order valence-electron chi connectivity index (χ1n) is 4.46. The van der Waals surface area contributed by atoms with Crippen molar-refractivity contribution in [1.29, 1.82) is 0 Å². The van der Waals surface area contributed by atoms with Crippen molar-refractivity contribution in [2.75, 3.05) is 0 Å². The summed E-state index contributed by atoms with van der Waals surface area (Å²) in [7, 11) is 0. The second-order valence-corrected chi connectivity index (χ2v) is 3.17. The van der Waals surface area contributed by atoms with Gasteiger partial charge < -0.3 is 0 Å². The predicted molar refractivity (Wildman–Crippen MR) is 61.3 cm³/mol. The van der Waals surface area contributed by atoms with Crippen molar-refractivity contribution in [3.63, 3.8) is 0 Å². The first kappa shape index (κ1) is 10.4. The van der Waals surface area contributed by atoms with Crippen molar-refractivity contribution < 1.29 is 0 Å². The van der Waals surface area contributed by atoms with E-state index in [4.69, 9.17) is 0 Å². The summed E-state index contributed by atoms with van der Waals surface area (Å²) in [6, 6.07) is 3.98. The van der Waals surface area contributed by atoms with Crippen molar-refractivity contribution >= 4 is 12.3 Å². The summed E-state index contributed by atoms with van der Waals surface area (Å²) in [6.45, 7) is 7.59. The van der Waals surface area contributed by atoms with Crippen molar-refractivity contribution in [2.45, 2.75) is 13.8 Å². The van der Waals surface area contributed by atoms with Gasteiger partial charge in [-0.2, -0.15) is 0 Å². The van der Waals surface area contributed by atoms with E-state index in [0.29, 0.717) is 0 Å². The molecule has 0 aliphatic rings. The lowest BCUT2D eigenvalue weighted by Crippen LogP contribution is -1.79. The number of hydrogen-bond donors (Lipinski definition) is 0. The summed E-state index contributed by atoms with van der Waals surface area (Å²) in [5, 5.41) is 0. The van der Waals surface area contributed by atoms with Crippen LogP contribution in [0.5, 0.6) is 0 Å². The molecule has 0 unspecified atom stereocenters. The molecule has 1 aromatic rings. The van der Waals surface area contributed by atoms with Gasteiger partial charge in [-0.1, -0.05) is 12.6 Å². The highest BCUT2D eigenvalue weighted by Gasteiger charge is 1.85. The van der Waals surface area contributed by atoms with Gasteiger partial charge in [0.05, 0.1) is 0 Å². The van der Waals surface area contributed by atoms with Gasteiger partial charge >= 0.3 is 0 Å². The van der Waals surface area contributed by atoms with Crippen molar-refractivity contribution in [1.82, 2.24) is 4.98 Å². The number of allylic oxidation sites excluding steroid dienone is 1. The van der Waals surface area contributed by atoms with Gasteiger partial charge in [0.2, 0.25) is 0 Å².